The molecular weight excluding hydrogens is 294 g/mol. The van der Waals surface area contributed by atoms with Gasteiger partial charge in [0.25, 0.3) is 0 Å². The standard InChI is InChI=1S/C16H21N5O2/c1-20(2)16-14(4-3-7-17-16)23-13-6-9-21(11-13)15(22)10-12-5-8-18-19-12/h3-5,7-8,13H,6,9-11H2,1-2H3,(H,18,19)/t13-/m0/s1. The SMILES string of the molecule is CN(C)c1ncccc1O[C@H]1CCN(C(=O)Cc2ccn[nH]2)C1. The van der Waals surface area contributed by atoms with Gasteiger partial charge in [0.05, 0.1) is 13.0 Å². The summed E-state index contributed by atoms with van der Waals surface area (Å²) < 4.78 is 6.07. The Morgan fingerprint density at radius 2 is 2.30 bits per heavy atom. The van der Waals surface area contributed by atoms with Crippen molar-refractivity contribution in [3.63, 3.8) is 0 Å². The Balaban J connectivity index is 1.59. The van der Waals surface area contributed by atoms with Crippen molar-refractivity contribution in [3.8, 4) is 5.75 Å². The second-order valence-corrected chi connectivity index (χ2v) is 5.85. The highest BCUT2D eigenvalue weighted by atomic mass is 16.5. The molecule has 0 saturated carbocycles. The average molecular weight is 315 g/mol. The third-order valence-corrected chi connectivity index (χ3v) is 3.87. The van der Waals surface area contributed by atoms with Crippen LogP contribution in [0.4, 0.5) is 5.82 Å². The van der Waals surface area contributed by atoms with E-state index in [4.69, 9.17) is 4.74 Å². The minimum atomic E-state index is 0.00335. The van der Waals surface area contributed by atoms with Gasteiger partial charge < -0.3 is 14.5 Å². The van der Waals surface area contributed by atoms with E-state index in [-0.39, 0.29) is 12.0 Å². The van der Waals surface area contributed by atoms with Crippen molar-refractivity contribution in [2.45, 2.75) is 18.9 Å². The molecular formula is C16H21N5O2. The molecule has 0 radical (unpaired) electrons. The highest BCUT2D eigenvalue weighted by Crippen LogP contribution is 2.26. The fourth-order valence-electron chi connectivity index (χ4n) is 2.70. The lowest BCUT2D eigenvalue weighted by Crippen LogP contribution is -2.32. The smallest absolute Gasteiger partial charge is 0.228 e. The molecule has 0 aliphatic carbocycles. The molecule has 1 N–H and O–H groups in total. The summed E-state index contributed by atoms with van der Waals surface area (Å²) in [6.07, 6.45) is 4.59. The Morgan fingerprint density at radius 1 is 1.43 bits per heavy atom. The molecule has 7 nitrogen and oxygen atoms in total. The number of carbonyl (C=O) groups excluding carboxylic acids is 1. The first-order valence-electron chi connectivity index (χ1n) is 7.68. The lowest BCUT2D eigenvalue weighted by atomic mass is 10.3. The van der Waals surface area contributed by atoms with Crippen LogP contribution in [0.3, 0.4) is 0 Å². The van der Waals surface area contributed by atoms with E-state index in [2.05, 4.69) is 15.2 Å². The maximum atomic E-state index is 12.3. The van der Waals surface area contributed by atoms with Crippen LogP contribution in [-0.4, -0.2) is 59.3 Å². The number of anilines is 1. The first-order chi connectivity index (χ1) is 11.1. The van der Waals surface area contributed by atoms with Crippen LogP contribution >= 0.6 is 0 Å². The third kappa shape index (κ3) is 3.61. The number of H-pyrrole nitrogens is 1. The molecule has 2 aromatic heterocycles. The predicted octanol–water partition coefficient (Wildman–Crippen LogP) is 1.09. The number of nitrogens with one attached hydrogen (secondary N) is 1. The van der Waals surface area contributed by atoms with E-state index in [1.807, 2.05) is 42.1 Å². The van der Waals surface area contributed by atoms with Crippen LogP contribution in [0, 0.1) is 0 Å². The normalized spacial score (nSPS) is 17.3. The molecule has 1 aliphatic heterocycles. The van der Waals surface area contributed by atoms with E-state index in [1.165, 1.54) is 0 Å². The number of ether oxygens (including phenoxy) is 1. The monoisotopic (exact) mass is 315 g/mol. The fraction of sp³-hybridized carbons (Fsp3) is 0.438. The van der Waals surface area contributed by atoms with Gasteiger partial charge in [-0.15, -0.1) is 0 Å². The molecule has 0 bridgehead atoms. The van der Waals surface area contributed by atoms with Gasteiger partial charge in [0.15, 0.2) is 11.6 Å². The molecule has 3 rings (SSSR count). The van der Waals surface area contributed by atoms with Crippen molar-refractivity contribution in [2.75, 3.05) is 32.1 Å². The van der Waals surface area contributed by atoms with Crippen molar-refractivity contribution in [2.24, 2.45) is 0 Å². The highest BCUT2D eigenvalue weighted by Gasteiger charge is 2.28. The molecule has 0 spiro atoms. The van der Waals surface area contributed by atoms with Crippen molar-refractivity contribution in [1.29, 1.82) is 0 Å². The number of hydrogen-bond acceptors (Lipinski definition) is 5. The van der Waals surface area contributed by atoms with E-state index in [9.17, 15) is 4.79 Å². The summed E-state index contributed by atoms with van der Waals surface area (Å²) in [6.45, 7) is 1.32. The number of amides is 1. The second kappa shape index (κ2) is 6.68. The van der Waals surface area contributed by atoms with Crippen molar-refractivity contribution in [3.05, 3.63) is 36.3 Å². The number of hydrogen-bond donors (Lipinski definition) is 1. The van der Waals surface area contributed by atoms with Crippen LogP contribution in [0.15, 0.2) is 30.6 Å². The summed E-state index contributed by atoms with van der Waals surface area (Å²) in [5.74, 6) is 1.65. The Labute approximate surface area is 135 Å². The maximum absolute atomic E-state index is 12.3. The van der Waals surface area contributed by atoms with Crippen molar-refractivity contribution >= 4 is 11.7 Å². The molecule has 1 amide bonds. The minimum Gasteiger partial charge on any atom is -0.485 e. The van der Waals surface area contributed by atoms with Crippen LogP contribution in [0.2, 0.25) is 0 Å². The zero-order valence-electron chi connectivity index (χ0n) is 13.4. The topological polar surface area (TPSA) is 74.3 Å². The molecule has 0 unspecified atom stereocenters. The van der Waals surface area contributed by atoms with Gasteiger partial charge in [0.2, 0.25) is 5.91 Å². The summed E-state index contributed by atoms with van der Waals surface area (Å²) in [5.41, 5.74) is 0.835. The summed E-state index contributed by atoms with van der Waals surface area (Å²) in [5, 5.41) is 6.69. The van der Waals surface area contributed by atoms with Crippen LogP contribution < -0.4 is 9.64 Å². The van der Waals surface area contributed by atoms with Gasteiger partial charge in [-0.1, -0.05) is 0 Å². The van der Waals surface area contributed by atoms with Crippen LogP contribution in [0.1, 0.15) is 12.1 Å². The second-order valence-electron chi connectivity index (χ2n) is 5.85. The molecule has 2 aromatic rings. The molecule has 1 fully saturated rings. The van der Waals surface area contributed by atoms with E-state index in [0.29, 0.717) is 13.0 Å². The summed E-state index contributed by atoms with van der Waals surface area (Å²) in [7, 11) is 3.87. The molecule has 7 heteroatoms. The van der Waals surface area contributed by atoms with Crippen LogP contribution in [0.25, 0.3) is 0 Å². The maximum Gasteiger partial charge on any atom is 0.228 e. The molecule has 1 saturated heterocycles. The Hall–Kier alpha value is -2.57. The summed E-state index contributed by atoms with van der Waals surface area (Å²) in [6, 6.07) is 5.59. The zero-order valence-corrected chi connectivity index (χ0v) is 13.4. The first kappa shape index (κ1) is 15.3. The lowest BCUT2D eigenvalue weighted by Gasteiger charge is -2.20. The first-order valence-corrected chi connectivity index (χ1v) is 7.68. The molecule has 23 heavy (non-hydrogen) atoms. The lowest BCUT2D eigenvalue weighted by molar-refractivity contribution is -0.129. The number of carbonyl (C=O) groups is 1. The largest absolute Gasteiger partial charge is 0.485 e. The van der Waals surface area contributed by atoms with Gasteiger partial charge >= 0.3 is 0 Å². The van der Waals surface area contributed by atoms with Crippen LogP contribution in [0.5, 0.6) is 5.75 Å². The number of pyridine rings is 1. The van der Waals surface area contributed by atoms with E-state index in [1.54, 1.807) is 12.4 Å². The molecule has 122 valence electrons. The van der Waals surface area contributed by atoms with E-state index in [0.717, 1.165) is 30.2 Å². The van der Waals surface area contributed by atoms with Crippen molar-refractivity contribution < 1.29 is 9.53 Å². The Kier molecular flexibility index (Phi) is 4.45. The van der Waals surface area contributed by atoms with Gasteiger partial charge in [0, 0.05) is 45.1 Å². The zero-order chi connectivity index (χ0) is 16.2. The van der Waals surface area contributed by atoms with Gasteiger partial charge in [0.1, 0.15) is 6.10 Å². The summed E-state index contributed by atoms with van der Waals surface area (Å²) in [4.78, 5) is 20.4. The Morgan fingerprint density at radius 3 is 3.04 bits per heavy atom. The van der Waals surface area contributed by atoms with Gasteiger partial charge in [-0.2, -0.15) is 5.10 Å². The summed E-state index contributed by atoms with van der Waals surface area (Å²) >= 11 is 0. The molecule has 3 heterocycles. The van der Waals surface area contributed by atoms with E-state index >= 15 is 0 Å². The average Bonchev–Trinajstić information content (AvgIpc) is 3.19. The minimum absolute atomic E-state index is 0.00335. The number of aromatic nitrogens is 3. The number of aromatic amines is 1. The Bertz CT molecular complexity index is 656. The quantitative estimate of drug-likeness (QED) is 0.894. The number of nitrogens with zero attached hydrogens (tertiary/aromatic N) is 4. The fourth-order valence-corrected chi connectivity index (χ4v) is 2.70. The van der Waals surface area contributed by atoms with Crippen molar-refractivity contribution in [1.82, 2.24) is 20.1 Å². The van der Waals surface area contributed by atoms with Crippen LogP contribution in [-0.2, 0) is 11.2 Å². The molecule has 1 aliphatic rings. The van der Waals surface area contributed by atoms with Gasteiger partial charge in [-0.25, -0.2) is 4.98 Å². The molecule has 1 atom stereocenters. The van der Waals surface area contributed by atoms with Gasteiger partial charge in [-0.05, 0) is 18.2 Å². The third-order valence-electron chi connectivity index (χ3n) is 3.87. The van der Waals surface area contributed by atoms with E-state index < -0.39 is 0 Å². The van der Waals surface area contributed by atoms with Gasteiger partial charge in [-0.3, -0.25) is 9.89 Å². The predicted molar refractivity (Wildman–Crippen MR) is 86.5 cm³/mol. The number of rotatable bonds is 5. The molecule has 0 aromatic carbocycles. The number of likely N-dealkylation sites (tertiary alicyclic amines) is 1. The highest BCUT2D eigenvalue weighted by molar-refractivity contribution is 5.78.